The van der Waals surface area contributed by atoms with E-state index in [1.807, 2.05) is 0 Å². The number of amides is 2. The standard InChI is InChI=1S/C16H25N5O2.HI/c1-11(2)7-8-19-16(18)21-9-12-3-5-13(6-4-12)15(23)20-10-14(17)22;/h3-6,11H,7-10H2,1-2H3,(H2,17,22)(H,20,23)(H3,18,19,21);1H. The molecular formula is C16H26IN5O2. The number of primary amides is 1. The summed E-state index contributed by atoms with van der Waals surface area (Å²) >= 11 is 0. The quantitative estimate of drug-likeness (QED) is 0.270. The Morgan fingerprint density at radius 1 is 1.12 bits per heavy atom. The van der Waals surface area contributed by atoms with Crippen LogP contribution in [0.5, 0.6) is 0 Å². The second kappa shape index (κ2) is 11.7. The van der Waals surface area contributed by atoms with Crippen LogP contribution in [0.1, 0.15) is 36.2 Å². The summed E-state index contributed by atoms with van der Waals surface area (Å²) in [5.74, 6) is 0.107. The van der Waals surface area contributed by atoms with Crippen LogP contribution in [0.4, 0.5) is 0 Å². The molecule has 1 aromatic carbocycles. The molecule has 0 saturated heterocycles. The van der Waals surface area contributed by atoms with E-state index in [1.54, 1.807) is 24.3 Å². The van der Waals surface area contributed by atoms with Crippen LogP contribution >= 0.6 is 24.0 Å². The third-order valence-electron chi connectivity index (χ3n) is 3.10. The van der Waals surface area contributed by atoms with Crippen LogP contribution in [-0.2, 0) is 11.3 Å². The van der Waals surface area contributed by atoms with E-state index < -0.39 is 5.91 Å². The van der Waals surface area contributed by atoms with Crippen molar-refractivity contribution in [2.24, 2.45) is 22.4 Å². The number of carbonyl (C=O) groups is 2. The van der Waals surface area contributed by atoms with Crippen LogP contribution in [0, 0.1) is 5.92 Å². The fourth-order valence-corrected chi connectivity index (χ4v) is 1.75. The first-order valence-corrected chi connectivity index (χ1v) is 7.57. The molecular weight excluding hydrogens is 421 g/mol. The highest BCUT2D eigenvalue weighted by atomic mass is 127. The SMILES string of the molecule is CC(C)CCNC(N)=NCc1ccc(C(=O)NCC(N)=O)cc1.I. The van der Waals surface area contributed by atoms with Crippen LogP contribution in [-0.4, -0.2) is 30.9 Å². The Morgan fingerprint density at radius 3 is 2.29 bits per heavy atom. The summed E-state index contributed by atoms with van der Waals surface area (Å²) < 4.78 is 0. The lowest BCUT2D eigenvalue weighted by Crippen LogP contribution is -2.33. The van der Waals surface area contributed by atoms with Crippen LogP contribution < -0.4 is 22.1 Å². The number of halogens is 1. The number of nitrogens with zero attached hydrogens (tertiary/aromatic N) is 1. The molecule has 1 rings (SSSR count). The van der Waals surface area contributed by atoms with Crippen molar-refractivity contribution in [3.63, 3.8) is 0 Å². The molecule has 0 unspecified atom stereocenters. The second-order valence-corrected chi connectivity index (χ2v) is 5.66. The zero-order valence-corrected chi connectivity index (χ0v) is 16.4. The number of rotatable bonds is 8. The van der Waals surface area contributed by atoms with Gasteiger partial charge in [0.05, 0.1) is 13.1 Å². The Balaban J connectivity index is 0.00000529. The summed E-state index contributed by atoms with van der Waals surface area (Å²) in [6.07, 6.45) is 1.03. The Kier molecular flexibility index (Phi) is 10.8. The van der Waals surface area contributed by atoms with Gasteiger partial charge in [0.2, 0.25) is 5.91 Å². The first-order valence-electron chi connectivity index (χ1n) is 7.57. The van der Waals surface area contributed by atoms with Crippen LogP contribution in [0.15, 0.2) is 29.3 Å². The Bertz CT molecular complexity index is 558. The fraction of sp³-hybridized carbons (Fsp3) is 0.438. The van der Waals surface area contributed by atoms with Crippen molar-refractivity contribution in [1.29, 1.82) is 0 Å². The number of guanidine groups is 1. The maximum atomic E-state index is 11.7. The predicted molar refractivity (Wildman–Crippen MR) is 106 cm³/mol. The van der Waals surface area contributed by atoms with Gasteiger partial charge in [0.15, 0.2) is 5.96 Å². The zero-order valence-electron chi connectivity index (χ0n) is 14.0. The van der Waals surface area contributed by atoms with E-state index in [0.717, 1.165) is 18.5 Å². The summed E-state index contributed by atoms with van der Waals surface area (Å²) in [6, 6.07) is 6.93. The Labute approximate surface area is 159 Å². The molecule has 1 aromatic rings. The number of aliphatic imine (C=N–C) groups is 1. The van der Waals surface area contributed by atoms with Gasteiger partial charge in [0.1, 0.15) is 0 Å². The first-order chi connectivity index (χ1) is 10.9. The highest BCUT2D eigenvalue weighted by Gasteiger charge is 2.06. The van der Waals surface area contributed by atoms with Gasteiger partial charge < -0.3 is 22.1 Å². The molecule has 0 atom stereocenters. The molecule has 134 valence electrons. The molecule has 7 nitrogen and oxygen atoms in total. The largest absolute Gasteiger partial charge is 0.370 e. The number of hydrogen-bond donors (Lipinski definition) is 4. The van der Waals surface area contributed by atoms with E-state index in [9.17, 15) is 9.59 Å². The highest BCUT2D eigenvalue weighted by Crippen LogP contribution is 2.05. The lowest BCUT2D eigenvalue weighted by atomic mass is 10.1. The van der Waals surface area contributed by atoms with Gasteiger partial charge in [-0.05, 0) is 30.0 Å². The van der Waals surface area contributed by atoms with E-state index >= 15 is 0 Å². The van der Waals surface area contributed by atoms with Crippen LogP contribution in [0.2, 0.25) is 0 Å². The van der Waals surface area contributed by atoms with Gasteiger partial charge in [0.25, 0.3) is 5.91 Å². The summed E-state index contributed by atoms with van der Waals surface area (Å²) in [5.41, 5.74) is 12.2. The second-order valence-electron chi connectivity index (χ2n) is 5.66. The number of carbonyl (C=O) groups excluding carboxylic acids is 2. The molecule has 8 heteroatoms. The Hall–Kier alpha value is -1.84. The lowest BCUT2D eigenvalue weighted by molar-refractivity contribution is -0.117. The molecule has 2 amide bonds. The van der Waals surface area contributed by atoms with Gasteiger partial charge in [-0.15, -0.1) is 24.0 Å². The molecule has 0 radical (unpaired) electrons. The van der Waals surface area contributed by atoms with Crippen molar-refractivity contribution in [2.45, 2.75) is 26.8 Å². The molecule has 0 heterocycles. The van der Waals surface area contributed by atoms with Gasteiger partial charge in [0, 0.05) is 12.1 Å². The first kappa shape index (κ1) is 22.2. The maximum Gasteiger partial charge on any atom is 0.251 e. The minimum absolute atomic E-state index is 0. The van der Waals surface area contributed by atoms with Crippen molar-refractivity contribution in [3.05, 3.63) is 35.4 Å². The summed E-state index contributed by atoms with van der Waals surface area (Å²) in [6.45, 7) is 5.35. The van der Waals surface area contributed by atoms with Crippen molar-refractivity contribution in [2.75, 3.05) is 13.1 Å². The monoisotopic (exact) mass is 447 g/mol. The number of hydrogen-bond acceptors (Lipinski definition) is 3. The molecule has 0 aliphatic rings. The number of benzene rings is 1. The van der Waals surface area contributed by atoms with Gasteiger partial charge in [-0.25, -0.2) is 4.99 Å². The van der Waals surface area contributed by atoms with Gasteiger partial charge in [-0.1, -0.05) is 26.0 Å². The predicted octanol–water partition coefficient (Wildman–Crippen LogP) is 0.970. The summed E-state index contributed by atoms with van der Waals surface area (Å²) in [4.78, 5) is 26.6. The molecule has 0 bridgehead atoms. The minimum Gasteiger partial charge on any atom is -0.370 e. The summed E-state index contributed by atoms with van der Waals surface area (Å²) in [7, 11) is 0. The van der Waals surface area contributed by atoms with Crippen molar-refractivity contribution < 1.29 is 9.59 Å². The van der Waals surface area contributed by atoms with E-state index in [-0.39, 0.29) is 36.4 Å². The molecule has 6 N–H and O–H groups in total. The molecule has 0 spiro atoms. The number of nitrogens with one attached hydrogen (secondary N) is 2. The van der Waals surface area contributed by atoms with Gasteiger partial charge in [-0.3, -0.25) is 9.59 Å². The zero-order chi connectivity index (χ0) is 17.2. The third kappa shape index (κ3) is 9.33. The fourth-order valence-electron chi connectivity index (χ4n) is 1.75. The van der Waals surface area contributed by atoms with Crippen LogP contribution in [0.25, 0.3) is 0 Å². The van der Waals surface area contributed by atoms with Gasteiger partial charge >= 0.3 is 0 Å². The topological polar surface area (TPSA) is 123 Å². The molecule has 0 aliphatic carbocycles. The van der Waals surface area contributed by atoms with Crippen molar-refractivity contribution in [1.82, 2.24) is 10.6 Å². The summed E-state index contributed by atoms with van der Waals surface area (Å²) in [5, 5.41) is 5.49. The third-order valence-corrected chi connectivity index (χ3v) is 3.10. The van der Waals surface area contributed by atoms with Crippen molar-refractivity contribution in [3.8, 4) is 0 Å². The van der Waals surface area contributed by atoms with E-state index in [2.05, 4.69) is 29.5 Å². The number of nitrogens with two attached hydrogens (primary N) is 2. The smallest absolute Gasteiger partial charge is 0.251 e. The van der Waals surface area contributed by atoms with Crippen LogP contribution in [0.3, 0.4) is 0 Å². The minimum atomic E-state index is -0.579. The van der Waals surface area contributed by atoms with Crippen molar-refractivity contribution >= 4 is 41.8 Å². The molecule has 0 saturated carbocycles. The average molecular weight is 447 g/mol. The molecule has 0 aliphatic heterocycles. The molecule has 24 heavy (non-hydrogen) atoms. The molecule has 0 aromatic heterocycles. The normalized spacial score (nSPS) is 10.9. The average Bonchev–Trinajstić information content (AvgIpc) is 2.50. The maximum absolute atomic E-state index is 11.7. The Morgan fingerprint density at radius 2 is 1.75 bits per heavy atom. The molecule has 0 fully saturated rings. The lowest BCUT2D eigenvalue weighted by Gasteiger charge is -2.07. The van der Waals surface area contributed by atoms with E-state index in [4.69, 9.17) is 11.5 Å². The van der Waals surface area contributed by atoms with Gasteiger partial charge in [-0.2, -0.15) is 0 Å². The van der Waals surface area contributed by atoms with E-state index in [0.29, 0.717) is 24.0 Å². The van der Waals surface area contributed by atoms with E-state index in [1.165, 1.54) is 0 Å². The highest BCUT2D eigenvalue weighted by molar-refractivity contribution is 14.0.